The van der Waals surface area contributed by atoms with Gasteiger partial charge in [0.15, 0.2) is 5.69 Å². The molecule has 0 aliphatic rings. The van der Waals surface area contributed by atoms with Crippen LogP contribution in [-0.2, 0) is 0 Å². The van der Waals surface area contributed by atoms with Crippen LogP contribution in [0, 0.1) is 43.9 Å². The molecule has 0 saturated heterocycles. The van der Waals surface area contributed by atoms with Crippen LogP contribution in [-0.4, -0.2) is 4.98 Å². The first kappa shape index (κ1) is 12.9. The number of benzene rings is 1. The fraction of sp³-hybridized carbons (Fsp3) is 0.176. The van der Waals surface area contributed by atoms with Crippen molar-refractivity contribution < 1.29 is 0 Å². The Morgan fingerprint density at radius 2 is 1.74 bits per heavy atom. The van der Waals surface area contributed by atoms with E-state index in [2.05, 4.69) is 55.8 Å². The van der Waals surface area contributed by atoms with Gasteiger partial charge in [-0.2, -0.15) is 5.26 Å². The smallest absolute Gasteiger partial charge is 0.156 e. The van der Waals surface area contributed by atoms with Crippen molar-refractivity contribution in [3.05, 3.63) is 64.0 Å². The molecule has 1 aromatic carbocycles. The third-order valence-corrected chi connectivity index (χ3v) is 2.91. The quantitative estimate of drug-likeness (QED) is 0.669. The summed E-state index contributed by atoms with van der Waals surface area (Å²) >= 11 is 0. The average molecular weight is 246 g/mol. The van der Waals surface area contributed by atoms with E-state index in [9.17, 15) is 0 Å². The maximum atomic E-state index is 8.98. The zero-order valence-electron chi connectivity index (χ0n) is 11.3. The minimum absolute atomic E-state index is 0.373. The summed E-state index contributed by atoms with van der Waals surface area (Å²) in [6, 6.07) is 9.90. The summed E-state index contributed by atoms with van der Waals surface area (Å²) in [4.78, 5) is 4.00. The highest BCUT2D eigenvalue weighted by molar-refractivity contribution is 5.53. The number of rotatable bonds is 0. The van der Waals surface area contributed by atoms with Crippen LogP contribution in [0.5, 0.6) is 0 Å². The highest BCUT2D eigenvalue weighted by Gasteiger charge is 2.02. The molecule has 92 valence electrons. The van der Waals surface area contributed by atoms with Gasteiger partial charge in [0, 0.05) is 11.8 Å². The number of nitriles is 1. The van der Waals surface area contributed by atoms with E-state index in [4.69, 9.17) is 5.26 Å². The average Bonchev–Trinajstić information content (AvgIpc) is 2.38. The molecule has 0 radical (unpaired) electrons. The van der Waals surface area contributed by atoms with Crippen molar-refractivity contribution in [2.75, 3.05) is 0 Å². The van der Waals surface area contributed by atoms with Crippen molar-refractivity contribution in [1.29, 1.82) is 5.26 Å². The van der Waals surface area contributed by atoms with E-state index < -0.39 is 0 Å². The topological polar surface area (TPSA) is 36.7 Å². The van der Waals surface area contributed by atoms with Crippen molar-refractivity contribution in [3.63, 3.8) is 0 Å². The molecule has 0 atom stereocenters. The molecule has 2 rings (SSSR count). The third kappa shape index (κ3) is 2.81. The van der Waals surface area contributed by atoms with E-state index in [0.29, 0.717) is 11.3 Å². The van der Waals surface area contributed by atoms with Gasteiger partial charge in [-0.15, -0.1) is 0 Å². The lowest BCUT2D eigenvalue weighted by atomic mass is 10.00. The van der Waals surface area contributed by atoms with Crippen molar-refractivity contribution in [1.82, 2.24) is 4.98 Å². The Kier molecular flexibility index (Phi) is 3.64. The number of hydrogen-bond acceptors (Lipinski definition) is 2. The molecule has 19 heavy (non-hydrogen) atoms. The van der Waals surface area contributed by atoms with Gasteiger partial charge >= 0.3 is 0 Å². The minimum Gasteiger partial charge on any atom is -0.244 e. The van der Waals surface area contributed by atoms with E-state index in [-0.39, 0.29) is 0 Å². The maximum Gasteiger partial charge on any atom is 0.156 e. The predicted molar refractivity (Wildman–Crippen MR) is 75.6 cm³/mol. The Morgan fingerprint density at radius 1 is 1.05 bits per heavy atom. The monoisotopic (exact) mass is 246 g/mol. The van der Waals surface area contributed by atoms with Gasteiger partial charge in [-0.3, -0.25) is 0 Å². The first-order valence-electron chi connectivity index (χ1n) is 6.07. The predicted octanol–water partition coefficient (Wildman–Crippen LogP) is 3.28. The Bertz CT molecular complexity index is 702. The van der Waals surface area contributed by atoms with Gasteiger partial charge in [-0.05, 0) is 44.0 Å². The minimum atomic E-state index is 0.373. The van der Waals surface area contributed by atoms with E-state index >= 15 is 0 Å². The van der Waals surface area contributed by atoms with Crippen LogP contribution in [0.4, 0.5) is 0 Å². The summed E-state index contributed by atoms with van der Waals surface area (Å²) in [6.07, 6.45) is 1.60. The first-order valence-corrected chi connectivity index (χ1v) is 6.07. The summed E-state index contributed by atoms with van der Waals surface area (Å²) in [5.74, 6) is 6.20. The second-order valence-electron chi connectivity index (χ2n) is 4.54. The molecular weight excluding hydrogens is 232 g/mol. The van der Waals surface area contributed by atoms with Crippen molar-refractivity contribution in [2.45, 2.75) is 20.8 Å². The molecule has 1 aromatic heterocycles. The Morgan fingerprint density at radius 3 is 2.37 bits per heavy atom. The standard InChI is InChI=1S/C17H14N2/c1-12-9-13(2)16(14(3)10-12)7-6-15-5-4-8-19-17(15)11-18/h4-5,8-10H,1-3H3. The molecule has 0 amide bonds. The van der Waals surface area contributed by atoms with Crippen LogP contribution in [0.25, 0.3) is 0 Å². The fourth-order valence-corrected chi connectivity index (χ4v) is 2.10. The Balaban J connectivity index is 2.49. The van der Waals surface area contributed by atoms with Crippen LogP contribution in [0.1, 0.15) is 33.5 Å². The number of aromatic nitrogens is 1. The molecule has 2 aromatic rings. The van der Waals surface area contributed by atoms with Gasteiger partial charge < -0.3 is 0 Å². The molecule has 0 spiro atoms. The van der Waals surface area contributed by atoms with Gasteiger partial charge in [-0.1, -0.05) is 29.5 Å². The van der Waals surface area contributed by atoms with Crippen molar-refractivity contribution >= 4 is 0 Å². The molecule has 0 bridgehead atoms. The Hall–Kier alpha value is -2.58. The summed E-state index contributed by atoms with van der Waals surface area (Å²) in [5, 5.41) is 8.98. The van der Waals surface area contributed by atoms with Gasteiger partial charge in [0.1, 0.15) is 6.07 Å². The molecule has 0 aliphatic carbocycles. The lowest BCUT2D eigenvalue weighted by Gasteiger charge is -2.04. The number of aryl methyl sites for hydroxylation is 3. The molecule has 0 aliphatic heterocycles. The summed E-state index contributed by atoms with van der Waals surface area (Å²) in [5.41, 5.74) is 5.62. The third-order valence-electron chi connectivity index (χ3n) is 2.91. The highest BCUT2D eigenvalue weighted by Crippen LogP contribution is 2.15. The second-order valence-corrected chi connectivity index (χ2v) is 4.54. The Labute approximate surface area is 113 Å². The van der Waals surface area contributed by atoms with Crippen LogP contribution >= 0.6 is 0 Å². The zero-order chi connectivity index (χ0) is 13.8. The number of nitrogens with zero attached hydrogens (tertiary/aromatic N) is 2. The molecule has 2 nitrogen and oxygen atoms in total. The highest BCUT2D eigenvalue weighted by atomic mass is 14.7. The normalized spacial score (nSPS) is 9.37. The van der Waals surface area contributed by atoms with Gasteiger partial charge in [0.05, 0.1) is 5.56 Å². The lowest BCUT2D eigenvalue weighted by molar-refractivity contribution is 1.25. The summed E-state index contributed by atoms with van der Waals surface area (Å²) < 4.78 is 0. The number of hydrogen-bond donors (Lipinski definition) is 0. The molecule has 0 unspecified atom stereocenters. The van der Waals surface area contributed by atoms with Crippen molar-refractivity contribution in [2.24, 2.45) is 0 Å². The first-order chi connectivity index (χ1) is 9.11. The summed E-state index contributed by atoms with van der Waals surface area (Å²) in [6.45, 7) is 6.18. The van der Waals surface area contributed by atoms with Crippen LogP contribution in [0.3, 0.4) is 0 Å². The SMILES string of the molecule is Cc1cc(C)c(C#Cc2cccnc2C#N)c(C)c1. The van der Waals surface area contributed by atoms with E-state index in [0.717, 1.165) is 16.7 Å². The van der Waals surface area contributed by atoms with E-state index in [1.807, 2.05) is 6.07 Å². The second kappa shape index (κ2) is 5.38. The van der Waals surface area contributed by atoms with Gasteiger partial charge in [-0.25, -0.2) is 4.98 Å². The fourth-order valence-electron chi connectivity index (χ4n) is 2.10. The zero-order valence-corrected chi connectivity index (χ0v) is 11.3. The molecule has 0 saturated carbocycles. The molecular formula is C17H14N2. The summed E-state index contributed by atoms with van der Waals surface area (Å²) in [7, 11) is 0. The van der Waals surface area contributed by atoms with Crippen LogP contribution in [0.2, 0.25) is 0 Å². The molecule has 0 N–H and O–H groups in total. The largest absolute Gasteiger partial charge is 0.244 e. The van der Waals surface area contributed by atoms with Crippen molar-refractivity contribution in [3.8, 4) is 17.9 Å². The van der Waals surface area contributed by atoms with Gasteiger partial charge in [0.25, 0.3) is 0 Å². The maximum absolute atomic E-state index is 8.98. The number of pyridine rings is 1. The van der Waals surface area contributed by atoms with E-state index in [1.54, 1.807) is 12.3 Å². The van der Waals surface area contributed by atoms with E-state index in [1.165, 1.54) is 5.56 Å². The molecule has 0 fully saturated rings. The lowest BCUT2D eigenvalue weighted by Crippen LogP contribution is -1.91. The molecule has 2 heteroatoms. The van der Waals surface area contributed by atoms with Crippen LogP contribution < -0.4 is 0 Å². The van der Waals surface area contributed by atoms with Crippen LogP contribution in [0.15, 0.2) is 30.5 Å². The molecule has 1 heterocycles. The van der Waals surface area contributed by atoms with Gasteiger partial charge in [0.2, 0.25) is 0 Å².